The van der Waals surface area contributed by atoms with Crippen LogP contribution >= 0.6 is 11.8 Å². The zero-order valence-corrected chi connectivity index (χ0v) is 20.4. The van der Waals surface area contributed by atoms with Crippen molar-refractivity contribution in [2.75, 3.05) is 7.05 Å². The van der Waals surface area contributed by atoms with E-state index in [4.69, 9.17) is 0 Å². The molecular weight excluding hydrogens is 471 g/mol. The highest BCUT2D eigenvalue weighted by Crippen LogP contribution is 2.33. The quantitative estimate of drug-likeness (QED) is 0.255. The van der Waals surface area contributed by atoms with Crippen molar-refractivity contribution in [1.82, 2.24) is 19.7 Å². The highest BCUT2D eigenvalue weighted by Gasteiger charge is 2.17. The van der Waals surface area contributed by atoms with Gasteiger partial charge in [0, 0.05) is 41.2 Å². The van der Waals surface area contributed by atoms with Crippen LogP contribution in [0.15, 0.2) is 107 Å². The highest BCUT2D eigenvalue weighted by molar-refractivity contribution is 7.99. The predicted octanol–water partition coefficient (Wildman–Crippen LogP) is 6.62. The molecule has 0 N–H and O–H groups in total. The van der Waals surface area contributed by atoms with Gasteiger partial charge in [-0.05, 0) is 60.2 Å². The number of fused-ring (bicyclic) bond motifs is 1. The lowest BCUT2D eigenvalue weighted by molar-refractivity contribution is 0.0781. The van der Waals surface area contributed by atoms with Crippen molar-refractivity contribution in [3.8, 4) is 0 Å². The first-order valence-electron chi connectivity index (χ1n) is 11.4. The average molecular weight is 495 g/mol. The number of pyridine rings is 1. The molecule has 0 fully saturated rings. The van der Waals surface area contributed by atoms with Crippen LogP contribution in [0.25, 0.3) is 23.2 Å². The second kappa shape index (κ2) is 10.6. The monoisotopic (exact) mass is 494 g/mol. The molecular formula is C29H23FN4OS. The zero-order chi connectivity index (χ0) is 24.9. The van der Waals surface area contributed by atoms with Gasteiger partial charge in [0.15, 0.2) is 0 Å². The summed E-state index contributed by atoms with van der Waals surface area (Å²) in [6.45, 7) is 0.323. The molecule has 5 aromatic rings. The Balaban J connectivity index is 1.38. The number of carbonyl (C=O) groups excluding carboxylic acids is 1. The Hall–Kier alpha value is -4.23. The van der Waals surface area contributed by atoms with Gasteiger partial charge in [-0.1, -0.05) is 48.2 Å². The van der Waals surface area contributed by atoms with E-state index in [0.29, 0.717) is 12.1 Å². The van der Waals surface area contributed by atoms with Gasteiger partial charge in [-0.15, -0.1) is 0 Å². The number of rotatable bonds is 7. The van der Waals surface area contributed by atoms with E-state index in [-0.39, 0.29) is 11.7 Å². The van der Waals surface area contributed by atoms with Crippen LogP contribution in [-0.4, -0.2) is 32.6 Å². The summed E-state index contributed by atoms with van der Waals surface area (Å²) in [7, 11) is 1.73. The van der Waals surface area contributed by atoms with Crippen LogP contribution in [0.2, 0.25) is 0 Å². The predicted molar refractivity (Wildman–Crippen MR) is 142 cm³/mol. The number of nitrogens with zero attached hydrogens (tertiary/aromatic N) is 4. The number of carbonyl (C=O) groups is 1. The molecule has 0 unspecified atom stereocenters. The lowest BCUT2D eigenvalue weighted by Gasteiger charge is -2.19. The van der Waals surface area contributed by atoms with Crippen LogP contribution in [0.4, 0.5) is 4.39 Å². The lowest BCUT2D eigenvalue weighted by Crippen LogP contribution is -2.26. The summed E-state index contributed by atoms with van der Waals surface area (Å²) < 4.78 is 15.4. The maximum absolute atomic E-state index is 13.6. The van der Waals surface area contributed by atoms with Crippen molar-refractivity contribution < 1.29 is 9.18 Å². The van der Waals surface area contributed by atoms with Crippen molar-refractivity contribution >= 4 is 40.8 Å². The van der Waals surface area contributed by atoms with Gasteiger partial charge in [0.2, 0.25) is 0 Å². The van der Waals surface area contributed by atoms with Gasteiger partial charge in [0.1, 0.15) is 5.82 Å². The van der Waals surface area contributed by atoms with Gasteiger partial charge in [0.25, 0.3) is 5.91 Å². The maximum Gasteiger partial charge on any atom is 0.255 e. The van der Waals surface area contributed by atoms with Crippen LogP contribution in [0, 0.1) is 5.82 Å². The van der Waals surface area contributed by atoms with E-state index in [0.717, 1.165) is 32.0 Å². The number of amides is 1. The van der Waals surface area contributed by atoms with E-state index in [1.54, 1.807) is 24.2 Å². The summed E-state index contributed by atoms with van der Waals surface area (Å²) in [5.74, 6) is -0.430. The molecule has 0 saturated heterocycles. The van der Waals surface area contributed by atoms with Gasteiger partial charge < -0.3 is 4.90 Å². The minimum atomic E-state index is -0.311. The summed E-state index contributed by atoms with van der Waals surface area (Å²) in [5, 5.41) is 5.50. The van der Waals surface area contributed by atoms with Gasteiger partial charge >= 0.3 is 0 Å². The van der Waals surface area contributed by atoms with E-state index < -0.39 is 0 Å². The molecule has 0 atom stereocenters. The minimum Gasteiger partial charge on any atom is -0.337 e. The molecule has 178 valence electrons. The Morgan fingerprint density at radius 3 is 2.72 bits per heavy atom. The van der Waals surface area contributed by atoms with E-state index in [9.17, 15) is 9.18 Å². The molecule has 0 radical (unpaired) electrons. The molecule has 0 saturated carbocycles. The normalized spacial score (nSPS) is 11.3. The second-order valence-electron chi connectivity index (χ2n) is 8.27. The Labute approximate surface area is 212 Å². The van der Waals surface area contributed by atoms with Crippen LogP contribution in [0.3, 0.4) is 0 Å². The van der Waals surface area contributed by atoms with Crippen molar-refractivity contribution in [2.45, 2.75) is 16.3 Å². The molecule has 2 heterocycles. The number of halogens is 1. The van der Waals surface area contributed by atoms with Crippen molar-refractivity contribution in [2.24, 2.45) is 0 Å². The van der Waals surface area contributed by atoms with Crippen LogP contribution in [-0.2, 0) is 6.54 Å². The Morgan fingerprint density at radius 1 is 1.03 bits per heavy atom. The van der Waals surface area contributed by atoms with Gasteiger partial charge in [-0.25, -0.2) is 9.07 Å². The molecule has 3 aromatic carbocycles. The third kappa shape index (κ3) is 5.37. The molecule has 0 aliphatic heterocycles. The number of aromatic nitrogens is 3. The topological polar surface area (TPSA) is 51.0 Å². The standard InChI is InChI=1S/C29H23FN4OS/c1-33(20-21-7-6-8-23(30)17-21)29(35)26-10-2-3-11-28(26)36-25-13-12-22-19-32-34(27(22)18-25)16-14-24-9-4-5-15-31-24/h2-19H,20H2,1H3. The molecule has 5 nitrogen and oxygen atoms in total. The molecule has 5 rings (SSSR count). The molecule has 1 amide bonds. The highest BCUT2D eigenvalue weighted by atomic mass is 32.2. The zero-order valence-electron chi connectivity index (χ0n) is 19.6. The van der Waals surface area contributed by atoms with Crippen LogP contribution < -0.4 is 0 Å². The van der Waals surface area contributed by atoms with E-state index in [2.05, 4.69) is 16.1 Å². The summed E-state index contributed by atoms with van der Waals surface area (Å²) in [6, 6.07) is 25.7. The SMILES string of the molecule is CN(Cc1cccc(F)c1)C(=O)c1ccccc1Sc1ccc2cnn(C=Cc3ccccn3)c2c1. The summed E-state index contributed by atoms with van der Waals surface area (Å²) in [6.07, 6.45) is 7.38. The summed E-state index contributed by atoms with van der Waals surface area (Å²) >= 11 is 1.53. The van der Waals surface area contributed by atoms with Gasteiger partial charge in [0.05, 0.1) is 23.0 Å². The van der Waals surface area contributed by atoms with E-state index >= 15 is 0 Å². The van der Waals surface area contributed by atoms with Crippen molar-refractivity contribution in [1.29, 1.82) is 0 Å². The average Bonchev–Trinajstić information content (AvgIpc) is 3.30. The largest absolute Gasteiger partial charge is 0.337 e. The first-order valence-corrected chi connectivity index (χ1v) is 12.2. The molecule has 7 heteroatoms. The Bertz CT molecular complexity index is 1550. The molecule has 0 bridgehead atoms. The third-order valence-corrected chi connectivity index (χ3v) is 6.71. The number of hydrogen-bond donors (Lipinski definition) is 0. The molecule has 0 aliphatic carbocycles. The first-order chi connectivity index (χ1) is 17.6. The second-order valence-corrected chi connectivity index (χ2v) is 9.38. The number of benzene rings is 3. The Morgan fingerprint density at radius 2 is 1.89 bits per heavy atom. The maximum atomic E-state index is 13.6. The smallest absolute Gasteiger partial charge is 0.255 e. The third-order valence-electron chi connectivity index (χ3n) is 5.64. The van der Waals surface area contributed by atoms with Crippen LogP contribution in [0.1, 0.15) is 21.6 Å². The van der Waals surface area contributed by atoms with Gasteiger partial charge in [-0.3, -0.25) is 9.78 Å². The number of hydrogen-bond acceptors (Lipinski definition) is 4. The van der Waals surface area contributed by atoms with Crippen molar-refractivity contribution in [3.63, 3.8) is 0 Å². The Kier molecular flexibility index (Phi) is 6.91. The molecule has 2 aromatic heterocycles. The first kappa shape index (κ1) is 23.5. The fraction of sp³-hybridized carbons (Fsp3) is 0.0690. The van der Waals surface area contributed by atoms with Crippen LogP contribution in [0.5, 0.6) is 0 Å². The fourth-order valence-electron chi connectivity index (χ4n) is 3.87. The van der Waals surface area contributed by atoms with Crippen molar-refractivity contribution in [3.05, 3.63) is 120 Å². The molecule has 36 heavy (non-hydrogen) atoms. The molecule has 0 spiro atoms. The van der Waals surface area contributed by atoms with E-state index in [1.807, 2.05) is 83.8 Å². The summed E-state index contributed by atoms with van der Waals surface area (Å²) in [5.41, 5.74) is 3.15. The van der Waals surface area contributed by atoms with E-state index in [1.165, 1.54) is 23.9 Å². The summed E-state index contributed by atoms with van der Waals surface area (Å²) in [4.78, 5) is 21.0. The fourth-order valence-corrected chi connectivity index (χ4v) is 4.84. The lowest BCUT2D eigenvalue weighted by atomic mass is 10.1. The minimum absolute atomic E-state index is 0.119. The molecule has 0 aliphatic rings. The van der Waals surface area contributed by atoms with Gasteiger partial charge in [-0.2, -0.15) is 5.10 Å².